The van der Waals surface area contributed by atoms with Gasteiger partial charge in [-0.3, -0.25) is 9.36 Å². The van der Waals surface area contributed by atoms with Crippen molar-refractivity contribution in [1.82, 2.24) is 9.55 Å². The number of aromatic nitrogens is 2. The van der Waals surface area contributed by atoms with Gasteiger partial charge in [0.25, 0.3) is 0 Å². The van der Waals surface area contributed by atoms with Gasteiger partial charge in [0.1, 0.15) is 5.78 Å². The molecule has 15 heavy (non-hydrogen) atoms. The maximum absolute atomic E-state index is 10.8. The largest absolute Gasteiger partial charge is 0.396 e. The van der Waals surface area contributed by atoms with E-state index in [4.69, 9.17) is 0 Å². The van der Waals surface area contributed by atoms with Gasteiger partial charge in [0.05, 0.1) is 0 Å². The zero-order chi connectivity index (χ0) is 11.6. The van der Waals surface area contributed by atoms with Crippen molar-refractivity contribution < 1.29 is 9.72 Å². The number of ketones is 1. The van der Waals surface area contributed by atoms with Crippen molar-refractivity contribution in [3.63, 3.8) is 0 Å². The second-order valence-electron chi connectivity index (χ2n) is 3.13. The molecule has 7 heteroatoms. The summed E-state index contributed by atoms with van der Waals surface area (Å²) in [4.78, 5) is 24.6. The first-order valence-electron chi connectivity index (χ1n) is 4.30. The Morgan fingerprint density at radius 1 is 1.67 bits per heavy atom. The summed E-state index contributed by atoms with van der Waals surface area (Å²) in [5.74, 6) is 0.350. The van der Waals surface area contributed by atoms with E-state index >= 15 is 0 Å². The highest BCUT2D eigenvalue weighted by Crippen LogP contribution is 2.25. The number of hydrogen-bond donors (Lipinski definition) is 0. The fourth-order valence-electron chi connectivity index (χ4n) is 1.17. The SMILES string of the molecule is CC(=O)CCn1c(C)nc([N+](=O)[O-])c1Br. The van der Waals surface area contributed by atoms with Crippen molar-refractivity contribution in [3.8, 4) is 0 Å². The third kappa shape index (κ3) is 2.62. The predicted molar refractivity (Wildman–Crippen MR) is 56.6 cm³/mol. The molecule has 0 unspecified atom stereocenters. The number of nitrogens with zero attached hydrogens (tertiary/aromatic N) is 3. The maximum Gasteiger partial charge on any atom is 0.396 e. The lowest BCUT2D eigenvalue weighted by atomic mass is 10.3. The molecular weight excluding hydrogens is 266 g/mol. The van der Waals surface area contributed by atoms with Gasteiger partial charge in [0.15, 0.2) is 4.60 Å². The van der Waals surface area contributed by atoms with Crippen LogP contribution in [0.1, 0.15) is 19.2 Å². The summed E-state index contributed by atoms with van der Waals surface area (Å²) in [7, 11) is 0. The number of halogens is 1. The third-order valence-electron chi connectivity index (χ3n) is 1.94. The molecule has 0 amide bonds. The fraction of sp³-hybridized carbons (Fsp3) is 0.500. The molecule has 1 aromatic heterocycles. The molecule has 0 aromatic carbocycles. The van der Waals surface area contributed by atoms with Crippen molar-refractivity contribution in [2.45, 2.75) is 26.8 Å². The fourth-order valence-corrected chi connectivity index (χ4v) is 1.84. The first kappa shape index (κ1) is 11.8. The van der Waals surface area contributed by atoms with E-state index in [1.807, 2.05) is 0 Å². The molecule has 0 saturated carbocycles. The molecule has 1 heterocycles. The van der Waals surface area contributed by atoms with Crippen LogP contribution in [0.5, 0.6) is 0 Å². The van der Waals surface area contributed by atoms with E-state index in [9.17, 15) is 14.9 Å². The lowest BCUT2D eigenvalue weighted by Gasteiger charge is -2.01. The summed E-state index contributed by atoms with van der Waals surface area (Å²) < 4.78 is 1.92. The number of rotatable bonds is 4. The van der Waals surface area contributed by atoms with Crippen molar-refractivity contribution in [3.05, 3.63) is 20.5 Å². The number of aryl methyl sites for hydroxylation is 1. The molecule has 0 aliphatic rings. The lowest BCUT2D eigenvalue weighted by molar-refractivity contribution is -0.390. The Hall–Kier alpha value is -1.24. The van der Waals surface area contributed by atoms with Crippen LogP contribution in [0.4, 0.5) is 5.82 Å². The van der Waals surface area contributed by atoms with Gasteiger partial charge in [0.2, 0.25) is 5.82 Å². The van der Waals surface area contributed by atoms with Gasteiger partial charge in [-0.15, -0.1) is 0 Å². The molecule has 0 atom stereocenters. The van der Waals surface area contributed by atoms with E-state index < -0.39 is 4.92 Å². The minimum absolute atomic E-state index is 0.0395. The quantitative estimate of drug-likeness (QED) is 0.621. The number of hydrogen-bond acceptors (Lipinski definition) is 4. The van der Waals surface area contributed by atoms with Gasteiger partial charge in [-0.05, 0) is 32.8 Å². The van der Waals surface area contributed by atoms with Crippen LogP contribution in [-0.2, 0) is 11.3 Å². The summed E-state index contributed by atoms with van der Waals surface area (Å²) in [6, 6.07) is 0. The first-order chi connectivity index (χ1) is 6.93. The zero-order valence-corrected chi connectivity index (χ0v) is 9.94. The number of carbonyl (C=O) groups is 1. The third-order valence-corrected chi connectivity index (χ3v) is 2.72. The van der Waals surface area contributed by atoms with Crippen LogP contribution in [0.25, 0.3) is 0 Å². The molecule has 0 saturated heterocycles. The molecule has 0 bridgehead atoms. The summed E-state index contributed by atoms with van der Waals surface area (Å²) in [5.41, 5.74) is 0. The van der Waals surface area contributed by atoms with Gasteiger partial charge in [0, 0.05) is 19.9 Å². The normalized spacial score (nSPS) is 10.3. The average molecular weight is 276 g/mol. The van der Waals surface area contributed by atoms with Crippen molar-refractivity contribution >= 4 is 27.5 Å². The van der Waals surface area contributed by atoms with Crippen molar-refractivity contribution in [1.29, 1.82) is 0 Å². The Morgan fingerprint density at radius 2 is 2.27 bits per heavy atom. The smallest absolute Gasteiger partial charge is 0.358 e. The molecule has 1 rings (SSSR count). The highest BCUT2D eigenvalue weighted by Gasteiger charge is 2.22. The molecule has 0 N–H and O–H groups in total. The molecule has 82 valence electrons. The summed E-state index contributed by atoms with van der Waals surface area (Å²) in [5, 5.41) is 10.6. The molecule has 6 nitrogen and oxygen atoms in total. The van der Waals surface area contributed by atoms with Crippen LogP contribution in [0.15, 0.2) is 4.60 Å². The average Bonchev–Trinajstić information content (AvgIpc) is 2.39. The zero-order valence-electron chi connectivity index (χ0n) is 8.36. The van der Waals surface area contributed by atoms with E-state index in [2.05, 4.69) is 20.9 Å². The summed E-state index contributed by atoms with van der Waals surface area (Å²) in [6.45, 7) is 3.55. The topological polar surface area (TPSA) is 78.0 Å². The van der Waals surface area contributed by atoms with E-state index in [-0.39, 0.29) is 11.6 Å². The Labute approximate surface area is 94.6 Å². The molecule has 0 aliphatic carbocycles. The van der Waals surface area contributed by atoms with E-state index in [1.54, 1.807) is 11.5 Å². The van der Waals surface area contributed by atoms with E-state index in [0.29, 0.717) is 23.4 Å². The second kappa shape index (κ2) is 4.52. The highest BCUT2D eigenvalue weighted by atomic mass is 79.9. The van der Waals surface area contributed by atoms with Gasteiger partial charge < -0.3 is 10.1 Å². The van der Waals surface area contributed by atoms with Crippen molar-refractivity contribution in [2.24, 2.45) is 0 Å². The maximum atomic E-state index is 10.8. The number of Topliss-reactive ketones (excluding diaryl/α,β-unsaturated/α-hetero) is 1. The Balaban J connectivity index is 2.97. The van der Waals surface area contributed by atoms with Crippen LogP contribution < -0.4 is 0 Å². The molecule has 0 fully saturated rings. The number of imidazole rings is 1. The highest BCUT2D eigenvalue weighted by molar-refractivity contribution is 9.10. The number of carbonyl (C=O) groups excluding carboxylic acids is 1. The minimum Gasteiger partial charge on any atom is -0.358 e. The van der Waals surface area contributed by atoms with Gasteiger partial charge in [-0.2, -0.15) is 0 Å². The Bertz CT molecular complexity index is 414. The lowest BCUT2D eigenvalue weighted by Crippen LogP contribution is -2.04. The van der Waals surface area contributed by atoms with Crippen molar-refractivity contribution in [2.75, 3.05) is 0 Å². The first-order valence-corrected chi connectivity index (χ1v) is 5.09. The summed E-state index contributed by atoms with van der Waals surface area (Å²) in [6.07, 6.45) is 0.340. The minimum atomic E-state index is -0.554. The van der Waals surface area contributed by atoms with Gasteiger partial charge >= 0.3 is 5.82 Å². The Kier molecular flexibility index (Phi) is 3.57. The predicted octanol–water partition coefficient (Wildman–Crippen LogP) is 1.84. The second-order valence-corrected chi connectivity index (χ2v) is 3.89. The molecule has 1 aromatic rings. The number of nitro groups is 1. The van der Waals surface area contributed by atoms with E-state index in [1.165, 1.54) is 6.92 Å². The standard InChI is InChI=1S/C8H10BrN3O3/c1-5(13)3-4-11-6(2)10-8(7(11)9)12(14)15/h3-4H2,1-2H3. The van der Waals surface area contributed by atoms with Crippen LogP contribution in [-0.4, -0.2) is 20.3 Å². The molecule has 0 aliphatic heterocycles. The molecule has 0 radical (unpaired) electrons. The van der Waals surface area contributed by atoms with Crippen LogP contribution in [0.3, 0.4) is 0 Å². The monoisotopic (exact) mass is 275 g/mol. The van der Waals surface area contributed by atoms with Crippen LogP contribution in [0.2, 0.25) is 0 Å². The van der Waals surface area contributed by atoms with Crippen LogP contribution >= 0.6 is 15.9 Å². The molecule has 0 spiro atoms. The van der Waals surface area contributed by atoms with Gasteiger partial charge in [-0.1, -0.05) is 0 Å². The molecular formula is C8H10BrN3O3. The van der Waals surface area contributed by atoms with Gasteiger partial charge in [-0.25, -0.2) is 0 Å². The van der Waals surface area contributed by atoms with Crippen LogP contribution in [0, 0.1) is 17.0 Å². The summed E-state index contributed by atoms with van der Waals surface area (Å²) >= 11 is 3.10. The van der Waals surface area contributed by atoms with E-state index in [0.717, 1.165) is 0 Å². The Morgan fingerprint density at radius 3 is 2.67 bits per heavy atom.